The monoisotopic (exact) mass is 525 g/mol. The number of aromatic nitrogens is 4. The van der Waals surface area contributed by atoms with Crippen molar-refractivity contribution in [3.8, 4) is 5.69 Å². The van der Waals surface area contributed by atoms with E-state index in [-0.39, 0.29) is 17.1 Å². The quantitative estimate of drug-likeness (QED) is 0.304. The van der Waals surface area contributed by atoms with Crippen LogP contribution in [0.4, 0.5) is 4.39 Å². The van der Waals surface area contributed by atoms with E-state index in [9.17, 15) is 9.18 Å². The number of piperidine rings is 1. The van der Waals surface area contributed by atoms with Crippen molar-refractivity contribution < 1.29 is 9.18 Å². The van der Waals surface area contributed by atoms with E-state index in [1.54, 1.807) is 30.1 Å². The highest BCUT2D eigenvalue weighted by Gasteiger charge is 2.71. The maximum atomic E-state index is 13.5. The third-order valence-corrected chi connectivity index (χ3v) is 8.58. The highest BCUT2D eigenvalue weighted by Crippen LogP contribution is 2.70. The molecule has 190 valence electrons. The Morgan fingerprint density at radius 3 is 2.58 bits per heavy atom. The topological polar surface area (TPSA) is 56.0 Å². The first-order valence-corrected chi connectivity index (χ1v) is 13.0. The molecule has 0 spiro atoms. The van der Waals surface area contributed by atoms with E-state index in [0.29, 0.717) is 35.6 Å². The van der Waals surface area contributed by atoms with Gasteiger partial charge in [0.05, 0.1) is 22.4 Å². The molecule has 0 N–H and O–H groups in total. The molecule has 1 saturated heterocycles. The Balaban J connectivity index is 1.31. The number of hydrogen-bond donors (Lipinski definition) is 0. The van der Waals surface area contributed by atoms with Gasteiger partial charge in [0, 0.05) is 43.1 Å². The molecule has 0 bridgehead atoms. The van der Waals surface area contributed by atoms with Crippen LogP contribution in [0.2, 0.25) is 5.02 Å². The van der Waals surface area contributed by atoms with Crippen LogP contribution in [0.1, 0.15) is 33.1 Å². The standard InChI is InChI=1S/C30H25ClFN5O/c1-18-12-26-20(14-33-37(26)22-10-8-21(32)9-11-22)13-23(18)30-17-36(29(38)28-25(31)16-35(2)34-28)15-24(30)27(30)19-6-4-3-5-7-19/h3-14,16,24,27H,15,17H2,1-2H3. The molecule has 7 rings (SSSR count). The highest BCUT2D eigenvalue weighted by molar-refractivity contribution is 6.33. The SMILES string of the molecule is Cc1cc2c(cnn2-c2ccc(F)cc2)cc1C12CN(C(=O)c3nn(C)cc3Cl)CC1C2c1ccccc1. The third-order valence-electron chi connectivity index (χ3n) is 8.30. The Kier molecular flexibility index (Phi) is 5.04. The van der Waals surface area contributed by atoms with E-state index in [2.05, 4.69) is 53.5 Å². The number of amides is 1. The first-order chi connectivity index (χ1) is 18.4. The average molecular weight is 526 g/mol. The second kappa shape index (κ2) is 8.27. The van der Waals surface area contributed by atoms with Crippen molar-refractivity contribution >= 4 is 28.4 Å². The zero-order chi connectivity index (χ0) is 26.2. The average Bonchev–Trinajstić information content (AvgIpc) is 3.24. The lowest BCUT2D eigenvalue weighted by Crippen LogP contribution is -2.35. The summed E-state index contributed by atoms with van der Waals surface area (Å²) in [5.41, 5.74) is 5.56. The molecule has 2 aliphatic rings. The van der Waals surface area contributed by atoms with Crippen molar-refractivity contribution in [2.24, 2.45) is 13.0 Å². The molecule has 1 amide bonds. The van der Waals surface area contributed by atoms with E-state index < -0.39 is 0 Å². The van der Waals surface area contributed by atoms with Crippen molar-refractivity contribution in [1.82, 2.24) is 24.5 Å². The Bertz CT molecular complexity index is 1710. The Morgan fingerprint density at radius 2 is 1.87 bits per heavy atom. The molecule has 3 atom stereocenters. The van der Waals surface area contributed by atoms with Crippen LogP contribution in [0.3, 0.4) is 0 Å². The van der Waals surface area contributed by atoms with Crippen molar-refractivity contribution in [2.45, 2.75) is 18.3 Å². The summed E-state index contributed by atoms with van der Waals surface area (Å²) in [6, 6.07) is 21.3. The zero-order valence-corrected chi connectivity index (χ0v) is 21.7. The number of halogens is 2. The molecule has 2 aromatic heterocycles. The van der Waals surface area contributed by atoms with Crippen LogP contribution in [0.25, 0.3) is 16.6 Å². The first-order valence-electron chi connectivity index (χ1n) is 12.6. The van der Waals surface area contributed by atoms with Gasteiger partial charge in [0.2, 0.25) is 0 Å². The van der Waals surface area contributed by atoms with Gasteiger partial charge < -0.3 is 4.90 Å². The molecular formula is C30H25ClFN5O. The van der Waals surface area contributed by atoms with Gasteiger partial charge in [-0.05, 0) is 65.9 Å². The molecule has 8 heteroatoms. The summed E-state index contributed by atoms with van der Waals surface area (Å²) in [6.07, 6.45) is 3.52. The maximum Gasteiger partial charge on any atom is 0.275 e. The van der Waals surface area contributed by atoms with Gasteiger partial charge in [-0.25, -0.2) is 9.07 Å². The predicted molar refractivity (Wildman–Crippen MR) is 144 cm³/mol. The van der Waals surface area contributed by atoms with Crippen molar-refractivity contribution in [3.63, 3.8) is 0 Å². The van der Waals surface area contributed by atoms with E-state index >= 15 is 0 Å². The summed E-state index contributed by atoms with van der Waals surface area (Å²) >= 11 is 6.33. The van der Waals surface area contributed by atoms with E-state index in [1.807, 2.05) is 21.8 Å². The molecule has 6 nitrogen and oxygen atoms in total. The Hall–Kier alpha value is -3.97. The van der Waals surface area contributed by atoms with Gasteiger partial charge in [-0.2, -0.15) is 10.2 Å². The van der Waals surface area contributed by atoms with Gasteiger partial charge in [-0.3, -0.25) is 9.48 Å². The van der Waals surface area contributed by atoms with E-state index in [4.69, 9.17) is 11.6 Å². The van der Waals surface area contributed by atoms with Gasteiger partial charge in [-0.15, -0.1) is 0 Å². The van der Waals surface area contributed by atoms with Crippen LogP contribution in [-0.2, 0) is 12.5 Å². The van der Waals surface area contributed by atoms with Gasteiger partial charge in [0.15, 0.2) is 5.69 Å². The molecule has 3 unspecified atom stereocenters. The normalized spacial score (nSPS) is 22.2. The maximum absolute atomic E-state index is 13.5. The van der Waals surface area contributed by atoms with Gasteiger partial charge in [-0.1, -0.05) is 41.9 Å². The van der Waals surface area contributed by atoms with Gasteiger partial charge in [0.1, 0.15) is 5.82 Å². The van der Waals surface area contributed by atoms with E-state index in [1.165, 1.54) is 23.3 Å². The minimum absolute atomic E-state index is 0.128. The summed E-state index contributed by atoms with van der Waals surface area (Å²) in [5.74, 6) is 0.202. The minimum atomic E-state index is -0.276. The number of fused-ring (bicyclic) bond motifs is 2. The van der Waals surface area contributed by atoms with Crippen molar-refractivity contribution in [1.29, 1.82) is 0 Å². The second-order valence-corrected chi connectivity index (χ2v) is 10.9. The Labute approximate surface area is 224 Å². The summed E-state index contributed by atoms with van der Waals surface area (Å²) in [5, 5.41) is 10.3. The van der Waals surface area contributed by atoms with E-state index in [0.717, 1.165) is 22.2 Å². The molecule has 38 heavy (non-hydrogen) atoms. The largest absolute Gasteiger partial charge is 0.336 e. The number of rotatable bonds is 4. The fourth-order valence-electron chi connectivity index (χ4n) is 6.64. The summed E-state index contributed by atoms with van der Waals surface area (Å²) in [4.78, 5) is 15.4. The van der Waals surface area contributed by atoms with Crippen LogP contribution in [-0.4, -0.2) is 43.5 Å². The number of carbonyl (C=O) groups is 1. The van der Waals surface area contributed by atoms with Crippen LogP contribution in [0.15, 0.2) is 79.1 Å². The zero-order valence-electron chi connectivity index (χ0n) is 21.0. The van der Waals surface area contributed by atoms with Gasteiger partial charge in [0.25, 0.3) is 5.91 Å². The lowest BCUT2D eigenvalue weighted by atomic mass is 9.86. The number of nitrogens with zero attached hydrogens (tertiary/aromatic N) is 5. The first kappa shape index (κ1) is 23.2. The number of carbonyl (C=O) groups excluding carboxylic acids is 1. The molecular weight excluding hydrogens is 501 g/mol. The summed E-state index contributed by atoms with van der Waals surface area (Å²) < 4.78 is 16.9. The fraction of sp³-hybridized carbons (Fsp3) is 0.233. The molecule has 1 aliphatic carbocycles. The second-order valence-electron chi connectivity index (χ2n) is 10.5. The summed E-state index contributed by atoms with van der Waals surface area (Å²) in [7, 11) is 1.77. The molecule has 3 aromatic carbocycles. The highest BCUT2D eigenvalue weighted by atomic mass is 35.5. The number of aryl methyl sites for hydroxylation is 2. The predicted octanol–water partition coefficient (Wildman–Crippen LogP) is 5.67. The van der Waals surface area contributed by atoms with Crippen molar-refractivity contribution in [3.05, 3.63) is 112 Å². The lowest BCUT2D eigenvalue weighted by Gasteiger charge is -2.25. The molecule has 3 heterocycles. The van der Waals surface area contributed by atoms with Crippen LogP contribution < -0.4 is 0 Å². The van der Waals surface area contributed by atoms with Crippen LogP contribution >= 0.6 is 11.6 Å². The van der Waals surface area contributed by atoms with Gasteiger partial charge >= 0.3 is 0 Å². The van der Waals surface area contributed by atoms with Crippen molar-refractivity contribution in [2.75, 3.05) is 13.1 Å². The summed E-state index contributed by atoms with van der Waals surface area (Å²) in [6.45, 7) is 3.38. The third kappa shape index (κ3) is 3.34. The number of hydrogen-bond acceptors (Lipinski definition) is 3. The number of benzene rings is 3. The smallest absolute Gasteiger partial charge is 0.275 e. The molecule has 1 aliphatic heterocycles. The number of likely N-dealkylation sites (tertiary alicyclic amines) is 1. The Morgan fingerprint density at radius 1 is 1.11 bits per heavy atom. The molecule has 1 saturated carbocycles. The lowest BCUT2D eigenvalue weighted by molar-refractivity contribution is 0.0762. The molecule has 2 fully saturated rings. The van der Waals surface area contributed by atoms with Crippen LogP contribution in [0, 0.1) is 18.7 Å². The molecule has 5 aromatic rings. The fourth-order valence-corrected chi connectivity index (χ4v) is 6.90. The minimum Gasteiger partial charge on any atom is -0.336 e. The van der Waals surface area contributed by atoms with Crippen LogP contribution in [0.5, 0.6) is 0 Å². The molecule has 0 radical (unpaired) electrons.